The number of fused-ring (bicyclic) bond motifs is 3. The van der Waals surface area contributed by atoms with E-state index in [1.54, 1.807) is 19.1 Å². The third kappa shape index (κ3) is 1.41. The molecule has 3 nitrogen and oxygen atoms in total. The highest BCUT2D eigenvalue weighted by Crippen LogP contribution is 2.54. The molecule has 0 N–H and O–H groups in total. The van der Waals surface area contributed by atoms with Crippen molar-refractivity contribution in [3.8, 4) is 0 Å². The number of ketones is 1. The van der Waals surface area contributed by atoms with Crippen LogP contribution in [0.2, 0.25) is 0 Å². The van der Waals surface area contributed by atoms with Crippen LogP contribution in [0.3, 0.4) is 0 Å². The smallest absolute Gasteiger partial charge is 0.317 e. The van der Waals surface area contributed by atoms with Gasteiger partial charge in [0, 0.05) is 11.1 Å². The number of esters is 1. The predicted octanol–water partition coefficient (Wildman–Crippen LogP) is 2.60. The van der Waals surface area contributed by atoms with E-state index in [0.29, 0.717) is 5.56 Å². The molecule has 1 saturated heterocycles. The Labute approximate surface area is 108 Å². The molecular formula is C14H12F2O3. The molecule has 0 saturated carbocycles. The molecule has 1 aliphatic heterocycles. The minimum absolute atomic E-state index is 0.0518. The highest BCUT2D eigenvalue weighted by atomic mass is 19.3. The second kappa shape index (κ2) is 3.40. The van der Waals surface area contributed by atoms with Gasteiger partial charge in [0.25, 0.3) is 0 Å². The van der Waals surface area contributed by atoms with Crippen LogP contribution >= 0.6 is 0 Å². The SMILES string of the molecule is Cc1ccc2c(c1)C1(C)OC(=O)CC1C(F)(F)C2=O. The van der Waals surface area contributed by atoms with Crippen LogP contribution in [0.25, 0.3) is 0 Å². The Morgan fingerprint density at radius 2 is 2.00 bits per heavy atom. The van der Waals surface area contributed by atoms with Gasteiger partial charge in [-0.15, -0.1) is 0 Å². The van der Waals surface area contributed by atoms with E-state index in [1.807, 2.05) is 0 Å². The van der Waals surface area contributed by atoms with Gasteiger partial charge in [-0.2, -0.15) is 8.78 Å². The van der Waals surface area contributed by atoms with Crippen LogP contribution in [0.4, 0.5) is 8.78 Å². The molecule has 2 atom stereocenters. The molecule has 2 unspecified atom stereocenters. The molecule has 0 radical (unpaired) electrons. The zero-order chi connectivity index (χ0) is 14.0. The first-order chi connectivity index (χ1) is 8.76. The molecule has 1 aromatic rings. The maximum Gasteiger partial charge on any atom is 0.317 e. The number of aryl methyl sites for hydroxylation is 1. The van der Waals surface area contributed by atoms with Crippen molar-refractivity contribution in [2.24, 2.45) is 5.92 Å². The Bertz CT molecular complexity index is 609. The van der Waals surface area contributed by atoms with Gasteiger partial charge in [-0.1, -0.05) is 23.8 Å². The molecule has 1 aromatic carbocycles. The van der Waals surface area contributed by atoms with Crippen molar-refractivity contribution >= 4 is 11.8 Å². The number of alkyl halides is 2. The van der Waals surface area contributed by atoms with Gasteiger partial charge >= 0.3 is 11.9 Å². The fourth-order valence-corrected chi connectivity index (χ4v) is 3.03. The molecule has 100 valence electrons. The third-order valence-electron chi connectivity index (χ3n) is 4.06. The highest BCUT2D eigenvalue weighted by Gasteiger charge is 2.66. The van der Waals surface area contributed by atoms with Crippen LogP contribution in [-0.4, -0.2) is 17.7 Å². The fourth-order valence-electron chi connectivity index (χ4n) is 3.03. The van der Waals surface area contributed by atoms with Gasteiger partial charge in [0.2, 0.25) is 5.78 Å². The zero-order valence-electron chi connectivity index (χ0n) is 10.5. The number of halogens is 2. The van der Waals surface area contributed by atoms with Crippen molar-refractivity contribution in [2.45, 2.75) is 31.8 Å². The first-order valence-electron chi connectivity index (χ1n) is 6.02. The molecule has 5 heteroatoms. The van der Waals surface area contributed by atoms with Crippen LogP contribution in [0.15, 0.2) is 18.2 Å². The summed E-state index contributed by atoms with van der Waals surface area (Å²) in [4.78, 5) is 23.4. The Morgan fingerprint density at radius 3 is 2.68 bits per heavy atom. The molecule has 1 aliphatic carbocycles. The Morgan fingerprint density at radius 1 is 1.32 bits per heavy atom. The number of carbonyl (C=O) groups is 2. The highest BCUT2D eigenvalue weighted by molar-refractivity contribution is 6.05. The van der Waals surface area contributed by atoms with Gasteiger partial charge in [0.05, 0.1) is 12.3 Å². The van der Waals surface area contributed by atoms with E-state index in [2.05, 4.69) is 0 Å². The summed E-state index contributed by atoms with van der Waals surface area (Å²) in [6.07, 6.45) is -0.428. The summed E-state index contributed by atoms with van der Waals surface area (Å²) in [7, 11) is 0. The van der Waals surface area contributed by atoms with Gasteiger partial charge in [0.15, 0.2) is 0 Å². The van der Waals surface area contributed by atoms with Crippen molar-refractivity contribution < 1.29 is 23.1 Å². The number of carbonyl (C=O) groups excluding carboxylic acids is 2. The first-order valence-corrected chi connectivity index (χ1v) is 6.02. The minimum Gasteiger partial charge on any atom is -0.454 e. The Balaban J connectivity index is 2.31. The molecule has 0 amide bonds. The lowest BCUT2D eigenvalue weighted by Gasteiger charge is -2.39. The quantitative estimate of drug-likeness (QED) is 0.678. The number of hydrogen-bond donors (Lipinski definition) is 0. The second-order valence-corrected chi connectivity index (χ2v) is 5.34. The monoisotopic (exact) mass is 266 g/mol. The van der Waals surface area contributed by atoms with E-state index < -0.39 is 35.6 Å². The number of benzene rings is 1. The first kappa shape index (κ1) is 12.3. The van der Waals surface area contributed by atoms with Crippen molar-refractivity contribution in [1.82, 2.24) is 0 Å². The van der Waals surface area contributed by atoms with Crippen LogP contribution in [0.5, 0.6) is 0 Å². The van der Waals surface area contributed by atoms with Gasteiger partial charge in [-0.3, -0.25) is 9.59 Å². The lowest BCUT2D eigenvalue weighted by Crippen LogP contribution is -2.51. The standard InChI is InChI=1S/C14H12F2O3/c1-7-3-4-8-9(5-7)13(2)10(6-11(17)19-13)14(15,16)12(8)18/h3-5,10H,6H2,1-2H3. The Hall–Kier alpha value is -1.78. The van der Waals surface area contributed by atoms with Crippen molar-refractivity contribution in [3.63, 3.8) is 0 Å². The van der Waals surface area contributed by atoms with Gasteiger partial charge in [0.1, 0.15) is 5.60 Å². The molecule has 19 heavy (non-hydrogen) atoms. The summed E-state index contributed by atoms with van der Waals surface area (Å²) in [5.74, 6) is -6.89. The molecule has 0 bridgehead atoms. The molecule has 0 spiro atoms. The number of hydrogen-bond acceptors (Lipinski definition) is 3. The molecule has 3 rings (SSSR count). The zero-order valence-corrected chi connectivity index (χ0v) is 10.5. The van der Waals surface area contributed by atoms with E-state index in [0.717, 1.165) is 5.56 Å². The predicted molar refractivity (Wildman–Crippen MR) is 62.0 cm³/mol. The number of Topliss-reactive ketones (excluding diaryl/α,β-unsaturated/α-hetero) is 1. The largest absolute Gasteiger partial charge is 0.454 e. The number of rotatable bonds is 0. The summed E-state index contributed by atoms with van der Waals surface area (Å²) in [6, 6.07) is 4.63. The Kier molecular flexibility index (Phi) is 2.20. The van der Waals surface area contributed by atoms with E-state index in [1.165, 1.54) is 13.0 Å². The van der Waals surface area contributed by atoms with Crippen LogP contribution in [-0.2, 0) is 15.1 Å². The van der Waals surface area contributed by atoms with Crippen LogP contribution in [0.1, 0.15) is 34.8 Å². The maximum atomic E-state index is 14.2. The van der Waals surface area contributed by atoms with E-state index in [9.17, 15) is 18.4 Å². The molecule has 0 aromatic heterocycles. The summed E-state index contributed by atoms with van der Waals surface area (Å²) in [5, 5.41) is 0. The minimum atomic E-state index is -3.57. The second-order valence-electron chi connectivity index (χ2n) is 5.34. The summed E-state index contributed by atoms with van der Waals surface area (Å²) >= 11 is 0. The van der Waals surface area contributed by atoms with Crippen LogP contribution in [0, 0.1) is 12.8 Å². The molecule has 1 fully saturated rings. The summed E-state index contributed by atoms with van der Waals surface area (Å²) in [5.41, 5.74) is -0.251. The maximum absolute atomic E-state index is 14.2. The van der Waals surface area contributed by atoms with E-state index in [4.69, 9.17) is 4.74 Å². The van der Waals surface area contributed by atoms with Crippen LogP contribution < -0.4 is 0 Å². The van der Waals surface area contributed by atoms with Crippen molar-refractivity contribution in [2.75, 3.05) is 0 Å². The van der Waals surface area contributed by atoms with Gasteiger partial charge in [-0.05, 0) is 13.8 Å². The van der Waals surface area contributed by atoms with E-state index >= 15 is 0 Å². The normalized spacial score (nSPS) is 31.7. The van der Waals surface area contributed by atoms with Gasteiger partial charge < -0.3 is 4.74 Å². The molecule has 1 heterocycles. The molecule has 2 aliphatic rings. The van der Waals surface area contributed by atoms with Crippen molar-refractivity contribution in [3.05, 3.63) is 34.9 Å². The molecular weight excluding hydrogens is 254 g/mol. The lowest BCUT2D eigenvalue weighted by molar-refractivity contribution is -0.153. The van der Waals surface area contributed by atoms with Crippen molar-refractivity contribution in [1.29, 1.82) is 0 Å². The summed E-state index contributed by atoms with van der Waals surface area (Å²) in [6.45, 7) is 3.26. The number of ether oxygens (including phenoxy) is 1. The van der Waals surface area contributed by atoms with E-state index in [-0.39, 0.29) is 5.56 Å². The third-order valence-corrected chi connectivity index (χ3v) is 4.06. The topological polar surface area (TPSA) is 43.4 Å². The summed E-state index contributed by atoms with van der Waals surface area (Å²) < 4.78 is 33.5. The average Bonchev–Trinajstić information content (AvgIpc) is 2.65. The fraction of sp³-hybridized carbons (Fsp3) is 0.429. The van der Waals surface area contributed by atoms with Gasteiger partial charge in [-0.25, -0.2) is 0 Å². The average molecular weight is 266 g/mol. The lowest BCUT2D eigenvalue weighted by atomic mass is 9.69.